The van der Waals surface area contributed by atoms with Crippen LogP contribution >= 0.6 is 0 Å². The van der Waals surface area contributed by atoms with Gasteiger partial charge in [0, 0.05) is 0 Å². The third-order valence-corrected chi connectivity index (χ3v) is 5.81. The van der Waals surface area contributed by atoms with Gasteiger partial charge in [-0.05, 0) is 55.3 Å². The summed E-state index contributed by atoms with van der Waals surface area (Å²) in [6, 6.07) is 0. The zero-order valence-electron chi connectivity index (χ0n) is 10.3. The fourth-order valence-electron chi connectivity index (χ4n) is 4.42. The Morgan fingerprint density at radius 3 is 2.07 bits per heavy atom. The molecule has 0 heterocycles. The van der Waals surface area contributed by atoms with Crippen molar-refractivity contribution in [2.24, 2.45) is 29.6 Å². The molecule has 86 valence electrons. The Hall–Kier alpha value is 0. The Kier molecular flexibility index (Phi) is 2.79. The van der Waals surface area contributed by atoms with E-state index in [1.807, 2.05) is 0 Å². The first-order valence-electron chi connectivity index (χ1n) is 7.34. The smallest absolute Gasteiger partial charge is 0.0355 e. The van der Waals surface area contributed by atoms with Crippen molar-refractivity contribution in [2.75, 3.05) is 0 Å². The van der Waals surface area contributed by atoms with Gasteiger partial charge in [0.1, 0.15) is 0 Å². The van der Waals surface area contributed by atoms with Crippen LogP contribution in [-0.2, 0) is 0 Å². The molecule has 0 saturated heterocycles. The van der Waals surface area contributed by atoms with Crippen LogP contribution < -0.4 is 0 Å². The summed E-state index contributed by atoms with van der Waals surface area (Å²) >= 11 is 0. The van der Waals surface area contributed by atoms with E-state index in [1.54, 1.807) is 38.5 Å². The van der Waals surface area contributed by atoms with Crippen molar-refractivity contribution in [2.45, 2.75) is 64.7 Å². The fourth-order valence-corrected chi connectivity index (χ4v) is 4.42. The second-order valence-corrected chi connectivity index (χ2v) is 6.61. The second-order valence-electron chi connectivity index (χ2n) is 6.61. The number of hydrogen-bond acceptors (Lipinski definition) is 0. The van der Waals surface area contributed by atoms with Gasteiger partial charge in [0.15, 0.2) is 0 Å². The fraction of sp³-hybridized carbons (Fsp3) is 1.00. The molecular formula is C15H26. The maximum absolute atomic E-state index is 2.51. The first-order valence-corrected chi connectivity index (χ1v) is 7.34. The van der Waals surface area contributed by atoms with Gasteiger partial charge in [-0.25, -0.2) is 0 Å². The molecule has 0 aliphatic heterocycles. The zero-order chi connectivity index (χ0) is 10.3. The van der Waals surface area contributed by atoms with Crippen molar-refractivity contribution < 1.29 is 0 Å². The number of hydrogen-bond donors (Lipinski definition) is 0. The van der Waals surface area contributed by atoms with E-state index >= 15 is 0 Å². The molecule has 3 saturated carbocycles. The van der Waals surface area contributed by atoms with Crippen LogP contribution in [0.25, 0.3) is 0 Å². The molecule has 0 amide bonds. The highest BCUT2D eigenvalue weighted by Gasteiger charge is 2.41. The first kappa shape index (κ1) is 10.2. The third kappa shape index (κ3) is 1.85. The molecule has 0 nitrogen and oxygen atoms in total. The quantitative estimate of drug-likeness (QED) is 0.631. The molecule has 0 spiro atoms. The van der Waals surface area contributed by atoms with Gasteiger partial charge in [-0.15, -0.1) is 0 Å². The predicted molar refractivity (Wildman–Crippen MR) is 64.7 cm³/mol. The third-order valence-electron chi connectivity index (χ3n) is 5.81. The highest BCUT2D eigenvalue weighted by atomic mass is 14.5. The highest BCUT2D eigenvalue weighted by molar-refractivity contribution is 4.92. The van der Waals surface area contributed by atoms with Gasteiger partial charge in [0.05, 0.1) is 0 Å². The van der Waals surface area contributed by atoms with Gasteiger partial charge >= 0.3 is 0 Å². The summed E-state index contributed by atoms with van der Waals surface area (Å²) in [5.74, 6) is 5.64. The molecule has 0 bridgehead atoms. The van der Waals surface area contributed by atoms with Crippen LogP contribution in [0.3, 0.4) is 0 Å². The minimum Gasteiger partial charge on any atom is -0.0622 e. The van der Waals surface area contributed by atoms with Gasteiger partial charge in [-0.2, -0.15) is 0 Å². The maximum Gasteiger partial charge on any atom is -0.0355 e. The molecule has 0 radical (unpaired) electrons. The highest BCUT2D eigenvalue weighted by Crippen LogP contribution is 2.51. The second kappa shape index (κ2) is 4.11. The molecule has 3 rings (SSSR count). The summed E-state index contributed by atoms with van der Waals surface area (Å²) in [5, 5.41) is 0. The molecule has 3 aliphatic carbocycles. The average Bonchev–Trinajstić information content (AvgIpc) is 2.48. The van der Waals surface area contributed by atoms with Crippen LogP contribution in [0.4, 0.5) is 0 Å². The van der Waals surface area contributed by atoms with Crippen molar-refractivity contribution in [1.29, 1.82) is 0 Å². The van der Waals surface area contributed by atoms with Crippen LogP contribution in [-0.4, -0.2) is 0 Å². The predicted octanol–water partition coefficient (Wildman–Crippen LogP) is 4.64. The molecule has 4 atom stereocenters. The van der Waals surface area contributed by atoms with Gasteiger partial charge in [0.25, 0.3) is 0 Å². The molecule has 0 aromatic carbocycles. The molecule has 0 aromatic rings. The Morgan fingerprint density at radius 1 is 0.800 bits per heavy atom. The number of rotatable bonds is 3. The van der Waals surface area contributed by atoms with E-state index in [4.69, 9.17) is 0 Å². The largest absolute Gasteiger partial charge is 0.0622 e. The van der Waals surface area contributed by atoms with E-state index in [0.29, 0.717) is 0 Å². The summed E-state index contributed by atoms with van der Waals surface area (Å²) in [7, 11) is 0. The van der Waals surface area contributed by atoms with Crippen LogP contribution in [0.1, 0.15) is 64.7 Å². The normalized spacial score (nSPS) is 46.2. The van der Waals surface area contributed by atoms with Gasteiger partial charge in [-0.1, -0.05) is 39.0 Å². The monoisotopic (exact) mass is 206 g/mol. The lowest BCUT2D eigenvalue weighted by molar-refractivity contribution is 0.0519. The van der Waals surface area contributed by atoms with Crippen LogP contribution in [0.5, 0.6) is 0 Å². The van der Waals surface area contributed by atoms with E-state index in [2.05, 4.69) is 6.92 Å². The van der Waals surface area contributed by atoms with Crippen LogP contribution in [0.15, 0.2) is 0 Å². The van der Waals surface area contributed by atoms with Crippen molar-refractivity contribution in [3.05, 3.63) is 0 Å². The summed E-state index contributed by atoms with van der Waals surface area (Å²) in [4.78, 5) is 0. The van der Waals surface area contributed by atoms with E-state index in [0.717, 1.165) is 29.6 Å². The Morgan fingerprint density at radius 2 is 1.60 bits per heavy atom. The molecule has 0 aromatic heterocycles. The van der Waals surface area contributed by atoms with Gasteiger partial charge in [-0.3, -0.25) is 0 Å². The molecule has 3 fully saturated rings. The summed E-state index contributed by atoms with van der Waals surface area (Å²) in [6.07, 6.45) is 14.0. The van der Waals surface area contributed by atoms with Gasteiger partial charge in [0.2, 0.25) is 0 Å². The SMILES string of the molecule is C[C@H]1CCC[C@H]1C1CCC1CC1CCC1. The lowest BCUT2D eigenvalue weighted by atomic mass is 9.60. The average molecular weight is 206 g/mol. The Labute approximate surface area is 94.8 Å². The van der Waals surface area contributed by atoms with Crippen LogP contribution in [0.2, 0.25) is 0 Å². The molecule has 15 heavy (non-hydrogen) atoms. The van der Waals surface area contributed by atoms with Crippen LogP contribution in [0, 0.1) is 29.6 Å². The van der Waals surface area contributed by atoms with Gasteiger partial charge < -0.3 is 0 Å². The Bertz CT molecular complexity index is 216. The minimum absolute atomic E-state index is 1.05. The topological polar surface area (TPSA) is 0 Å². The standard InChI is InChI=1S/C15H26/c1-11-4-2-7-14(11)15-9-8-13(15)10-12-5-3-6-12/h11-15H,2-10H2,1H3/t11-,13?,14+,15?/m0/s1. The first-order chi connectivity index (χ1) is 7.34. The van der Waals surface area contributed by atoms with E-state index in [1.165, 1.54) is 19.3 Å². The molecule has 3 aliphatic rings. The summed E-state index contributed by atoms with van der Waals surface area (Å²) < 4.78 is 0. The van der Waals surface area contributed by atoms with E-state index < -0.39 is 0 Å². The maximum atomic E-state index is 2.51. The lowest BCUT2D eigenvalue weighted by Crippen LogP contribution is -2.35. The zero-order valence-corrected chi connectivity index (χ0v) is 10.3. The minimum atomic E-state index is 1.05. The van der Waals surface area contributed by atoms with Crippen molar-refractivity contribution >= 4 is 0 Å². The van der Waals surface area contributed by atoms with Crippen molar-refractivity contribution in [3.8, 4) is 0 Å². The Balaban J connectivity index is 1.52. The molecule has 2 unspecified atom stereocenters. The lowest BCUT2D eigenvalue weighted by Gasteiger charge is -2.45. The molecule has 0 heteroatoms. The van der Waals surface area contributed by atoms with Crippen molar-refractivity contribution in [3.63, 3.8) is 0 Å². The molecular weight excluding hydrogens is 180 g/mol. The van der Waals surface area contributed by atoms with E-state index in [-0.39, 0.29) is 0 Å². The molecule has 0 N–H and O–H groups in total. The van der Waals surface area contributed by atoms with Crippen molar-refractivity contribution in [1.82, 2.24) is 0 Å². The summed E-state index contributed by atoms with van der Waals surface area (Å²) in [6.45, 7) is 2.51. The van der Waals surface area contributed by atoms with E-state index in [9.17, 15) is 0 Å². The summed E-state index contributed by atoms with van der Waals surface area (Å²) in [5.41, 5.74) is 0.